The van der Waals surface area contributed by atoms with Crippen LogP contribution < -0.4 is 14.8 Å². The summed E-state index contributed by atoms with van der Waals surface area (Å²) in [5, 5.41) is 3.00. The summed E-state index contributed by atoms with van der Waals surface area (Å²) in [5.41, 5.74) is 2.74. The van der Waals surface area contributed by atoms with Crippen molar-refractivity contribution in [1.29, 1.82) is 0 Å². The number of nitrogens with one attached hydrogen (secondary N) is 1. The summed E-state index contributed by atoms with van der Waals surface area (Å²) in [6, 6.07) is 10.2. The van der Waals surface area contributed by atoms with E-state index in [9.17, 15) is 13.2 Å². The first-order chi connectivity index (χ1) is 16.2. The van der Waals surface area contributed by atoms with Crippen LogP contribution >= 0.6 is 0 Å². The minimum atomic E-state index is -3.95. The number of benzene rings is 2. The van der Waals surface area contributed by atoms with Crippen LogP contribution in [-0.4, -0.2) is 45.4 Å². The molecule has 0 saturated heterocycles. The molecule has 0 radical (unpaired) electrons. The second kappa shape index (κ2) is 11.2. The number of aryl methyl sites for hydroxylation is 1. The minimum Gasteiger partial charge on any atom is -0.493 e. The highest BCUT2D eigenvalue weighted by Crippen LogP contribution is 2.33. The lowest BCUT2D eigenvalue weighted by Gasteiger charge is -2.33. The van der Waals surface area contributed by atoms with Crippen LogP contribution in [0.2, 0.25) is 0 Å². The van der Waals surface area contributed by atoms with Gasteiger partial charge in [-0.05, 0) is 48.9 Å². The maximum atomic E-state index is 13.8. The fourth-order valence-corrected chi connectivity index (χ4v) is 6.21. The maximum Gasteiger partial charge on any atom is 0.243 e. The van der Waals surface area contributed by atoms with Crippen molar-refractivity contribution in [2.24, 2.45) is 0 Å². The molecule has 0 aromatic heterocycles. The number of sulfonamides is 1. The Morgan fingerprint density at radius 1 is 1.06 bits per heavy atom. The number of nitrogens with zero attached hydrogens (tertiary/aromatic N) is 1. The number of carbonyl (C=O) groups is 1. The van der Waals surface area contributed by atoms with Crippen LogP contribution in [0.4, 0.5) is 5.69 Å². The number of methoxy groups -OCH3 is 2. The quantitative estimate of drug-likeness (QED) is 0.531. The molecule has 1 aliphatic rings. The van der Waals surface area contributed by atoms with Crippen molar-refractivity contribution in [3.8, 4) is 11.5 Å². The molecular weight excluding hydrogens is 452 g/mol. The molecule has 2 aromatic rings. The molecule has 0 aliphatic heterocycles. The van der Waals surface area contributed by atoms with Crippen LogP contribution in [0.3, 0.4) is 0 Å². The van der Waals surface area contributed by atoms with Crippen molar-refractivity contribution >= 4 is 21.6 Å². The van der Waals surface area contributed by atoms with Crippen LogP contribution in [0.15, 0.2) is 41.3 Å². The molecule has 34 heavy (non-hydrogen) atoms. The molecule has 3 rings (SSSR count). The van der Waals surface area contributed by atoms with Gasteiger partial charge in [0.2, 0.25) is 15.9 Å². The average Bonchev–Trinajstić information content (AvgIpc) is 2.83. The van der Waals surface area contributed by atoms with E-state index in [0.29, 0.717) is 11.5 Å². The summed E-state index contributed by atoms with van der Waals surface area (Å²) in [6.45, 7) is 5.84. The third-order valence-electron chi connectivity index (χ3n) is 6.43. The Labute approximate surface area is 203 Å². The van der Waals surface area contributed by atoms with Gasteiger partial charge in [-0.2, -0.15) is 4.31 Å². The summed E-state index contributed by atoms with van der Waals surface area (Å²) < 4.78 is 39.5. The Kier molecular flexibility index (Phi) is 8.60. The lowest BCUT2D eigenvalue weighted by atomic mass is 9.95. The molecule has 7 nitrogen and oxygen atoms in total. The van der Waals surface area contributed by atoms with Crippen molar-refractivity contribution < 1.29 is 22.7 Å². The standard InChI is InChI=1S/C26H36N2O5S/c1-18(2)22-13-9-10-19(3)26(22)27-25(29)17-28(20-11-7-6-8-12-20)34(30,31)21-14-15-23(32-4)24(16-21)33-5/h9-10,13-16,18,20H,6-8,11-12,17H2,1-5H3,(H,27,29). The highest BCUT2D eigenvalue weighted by Gasteiger charge is 2.34. The molecule has 186 valence electrons. The molecule has 0 heterocycles. The molecule has 1 fully saturated rings. The number of hydrogen-bond donors (Lipinski definition) is 1. The topological polar surface area (TPSA) is 84.9 Å². The second-order valence-corrected chi connectivity index (χ2v) is 11.0. The van der Waals surface area contributed by atoms with Crippen molar-refractivity contribution in [3.05, 3.63) is 47.5 Å². The zero-order chi connectivity index (χ0) is 24.9. The van der Waals surface area contributed by atoms with Gasteiger partial charge in [0.05, 0.1) is 25.7 Å². The van der Waals surface area contributed by atoms with Crippen LogP contribution in [0.25, 0.3) is 0 Å². The van der Waals surface area contributed by atoms with E-state index >= 15 is 0 Å². The van der Waals surface area contributed by atoms with Crippen molar-refractivity contribution in [1.82, 2.24) is 4.31 Å². The van der Waals surface area contributed by atoms with Gasteiger partial charge in [-0.1, -0.05) is 51.3 Å². The van der Waals surface area contributed by atoms with Gasteiger partial charge in [0.25, 0.3) is 0 Å². The smallest absolute Gasteiger partial charge is 0.243 e. The zero-order valence-corrected chi connectivity index (χ0v) is 21.6. The Hall–Kier alpha value is -2.58. The summed E-state index contributed by atoms with van der Waals surface area (Å²) in [7, 11) is -0.976. The molecule has 0 bridgehead atoms. The zero-order valence-electron chi connectivity index (χ0n) is 20.8. The van der Waals surface area contributed by atoms with Gasteiger partial charge in [-0.25, -0.2) is 8.42 Å². The van der Waals surface area contributed by atoms with Crippen molar-refractivity contribution in [2.45, 2.75) is 69.7 Å². The van der Waals surface area contributed by atoms with E-state index in [1.54, 1.807) is 6.07 Å². The molecule has 1 saturated carbocycles. The Morgan fingerprint density at radius 3 is 2.35 bits per heavy atom. The highest BCUT2D eigenvalue weighted by molar-refractivity contribution is 7.89. The summed E-state index contributed by atoms with van der Waals surface area (Å²) in [4.78, 5) is 13.3. The molecule has 2 aromatic carbocycles. The van der Waals surface area contributed by atoms with E-state index in [1.165, 1.54) is 30.7 Å². The fraction of sp³-hybridized carbons (Fsp3) is 0.500. The summed E-state index contributed by atoms with van der Waals surface area (Å²) >= 11 is 0. The number of anilines is 1. The lowest BCUT2D eigenvalue weighted by molar-refractivity contribution is -0.116. The van der Waals surface area contributed by atoms with E-state index in [0.717, 1.165) is 48.9 Å². The fourth-order valence-electron chi connectivity index (χ4n) is 4.55. The molecule has 1 amide bonds. The van der Waals surface area contributed by atoms with Gasteiger partial charge < -0.3 is 14.8 Å². The van der Waals surface area contributed by atoms with Gasteiger partial charge in [-0.3, -0.25) is 4.79 Å². The van der Waals surface area contributed by atoms with E-state index < -0.39 is 10.0 Å². The highest BCUT2D eigenvalue weighted by atomic mass is 32.2. The SMILES string of the molecule is COc1ccc(S(=O)(=O)N(CC(=O)Nc2c(C)cccc2C(C)C)C2CCCCC2)cc1OC. The lowest BCUT2D eigenvalue weighted by Crippen LogP contribution is -2.45. The average molecular weight is 489 g/mol. The number of carbonyl (C=O) groups excluding carboxylic acids is 1. The minimum absolute atomic E-state index is 0.0854. The monoisotopic (exact) mass is 488 g/mol. The third-order valence-corrected chi connectivity index (χ3v) is 8.33. The van der Waals surface area contributed by atoms with Crippen LogP contribution in [-0.2, 0) is 14.8 Å². The summed E-state index contributed by atoms with van der Waals surface area (Å²) in [5.74, 6) is 0.660. The van der Waals surface area contributed by atoms with Gasteiger partial charge in [0.1, 0.15) is 0 Å². The van der Waals surface area contributed by atoms with E-state index in [4.69, 9.17) is 9.47 Å². The number of ether oxygens (including phenoxy) is 2. The number of amides is 1. The van der Waals surface area contributed by atoms with Crippen LogP contribution in [0, 0.1) is 6.92 Å². The number of para-hydroxylation sites is 1. The van der Waals surface area contributed by atoms with E-state index in [-0.39, 0.29) is 29.3 Å². The predicted octanol–water partition coefficient (Wildman–Crippen LogP) is 5.10. The Balaban J connectivity index is 1.94. The predicted molar refractivity (Wildman–Crippen MR) is 134 cm³/mol. The number of hydrogen-bond acceptors (Lipinski definition) is 5. The first kappa shape index (κ1) is 26.0. The van der Waals surface area contributed by atoms with Crippen LogP contribution in [0.1, 0.15) is 63.0 Å². The van der Waals surface area contributed by atoms with Gasteiger partial charge in [-0.15, -0.1) is 0 Å². The first-order valence-electron chi connectivity index (χ1n) is 11.8. The van der Waals surface area contributed by atoms with Gasteiger partial charge in [0, 0.05) is 17.8 Å². The van der Waals surface area contributed by atoms with Crippen molar-refractivity contribution in [2.75, 3.05) is 26.1 Å². The number of rotatable bonds is 9. The molecule has 0 atom stereocenters. The Morgan fingerprint density at radius 2 is 1.74 bits per heavy atom. The Bertz CT molecular complexity index is 1110. The largest absolute Gasteiger partial charge is 0.493 e. The second-order valence-electron chi connectivity index (χ2n) is 9.10. The maximum absolute atomic E-state index is 13.8. The van der Waals surface area contributed by atoms with E-state index in [2.05, 4.69) is 19.2 Å². The first-order valence-corrected chi connectivity index (χ1v) is 13.3. The molecular formula is C26H36N2O5S. The molecule has 8 heteroatoms. The molecule has 0 spiro atoms. The van der Waals surface area contributed by atoms with Crippen LogP contribution in [0.5, 0.6) is 11.5 Å². The normalized spacial score (nSPS) is 14.9. The van der Waals surface area contributed by atoms with Gasteiger partial charge >= 0.3 is 0 Å². The summed E-state index contributed by atoms with van der Waals surface area (Å²) in [6.07, 6.45) is 4.44. The van der Waals surface area contributed by atoms with E-state index in [1.807, 2.05) is 25.1 Å². The molecule has 1 aliphatic carbocycles. The van der Waals surface area contributed by atoms with Crippen molar-refractivity contribution in [3.63, 3.8) is 0 Å². The molecule has 1 N–H and O–H groups in total. The van der Waals surface area contributed by atoms with Gasteiger partial charge in [0.15, 0.2) is 11.5 Å². The molecule has 0 unspecified atom stereocenters. The third kappa shape index (κ3) is 5.73.